The third-order valence-electron chi connectivity index (χ3n) is 3.39. The first-order valence-electron chi connectivity index (χ1n) is 6.43. The Hall–Kier alpha value is -0.550. The van der Waals surface area contributed by atoms with Crippen molar-refractivity contribution in [3.8, 4) is 0 Å². The topological polar surface area (TPSA) is 37.3 Å². The SMILES string of the molecule is CCC1(C)CCSC(=NC(C)c2ncc(C)s2)N1. The van der Waals surface area contributed by atoms with Gasteiger partial charge in [0.25, 0.3) is 0 Å². The lowest BCUT2D eigenvalue weighted by Gasteiger charge is -2.35. The summed E-state index contributed by atoms with van der Waals surface area (Å²) in [6.45, 7) is 8.71. The summed E-state index contributed by atoms with van der Waals surface area (Å²) in [7, 11) is 0. The summed E-state index contributed by atoms with van der Waals surface area (Å²) in [6, 6.07) is 0.151. The highest BCUT2D eigenvalue weighted by atomic mass is 32.2. The fourth-order valence-corrected chi connectivity index (χ4v) is 3.92. The van der Waals surface area contributed by atoms with E-state index in [4.69, 9.17) is 4.99 Å². The molecule has 2 atom stereocenters. The average Bonchev–Trinajstić information content (AvgIpc) is 2.76. The van der Waals surface area contributed by atoms with Gasteiger partial charge in [0.2, 0.25) is 0 Å². The van der Waals surface area contributed by atoms with E-state index >= 15 is 0 Å². The molecule has 1 aromatic rings. The van der Waals surface area contributed by atoms with Crippen molar-refractivity contribution in [3.05, 3.63) is 16.1 Å². The molecule has 0 amide bonds. The van der Waals surface area contributed by atoms with Gasteiger partial charge in [0.1, 0.15) is 11.0 Å². The number of hydrogen-bond acceptors (Lipinski definition) is 4. The van der Waals surface area contributed by atoms with Gasteiger partial charge in [0, 0.05) is 22.4 Å². The lowest BCUT2D eigenvalue weighted by Crippen LogP contribution is -2.48. The molecule has 1 aliphatic rings. The molecule has 1 N–H and O–H groups in total. The minimum absolute atomic E-state index is 0.151. The number of thiazole rings is 1. The van der Waals surface area contributed by atoms with Crippen LogP contribution in [-0.2, 0) is 0 Å². The van der Waals surface area contributed by atoms with Crippen LogP contribution in [0.1, 0.15) is 49.5 Å². The summed E-state index contributed by atoms with van der Waals surface area (Å²) in [5.41, 5.74) is 0.211. The van der Waals surface area contributed by atoms with Gasteiger partial charge in [-0.2, -0.15) is 0 Å². The summed E-state index contributed by atoms with van der Waals surface area (Å²) in [6.07, 6.45) is 4.27. The van der Waals surface area contributed by atoms with Crippen molar-refractivity contribution in [1.29, 1.82) is 0 Å². The first kappa shape index (κ1) is 13.9. The minimum Gasteiger partial charge on any atom is -0.360 e. The Labute approximate surface area is 118 Å². The largest absolute Gasteiger partial charge is 0.360 e. The predicted octanol–water partition coefficient (Wildman–Crippen LogP) is 3.76. The third kappa shape index (κ3) is 3.26. The summed E-state index contributed by atoms with van der Waals surface area (Å²) in [4.78, 5) is 10.4. The molecule has 1 fully saturated rings. The van der Waals surface area contributed by atoms with Crippen molar-refractivity contribution >= 4 is 28.3 Å². The molecule has 100 valence electrons. The van der Waals surface area contributed by atoms with Crippen LogP contribution in [0.2, 0.25) is 0 Å². The Morgan fingerprint density at radius 2 is 2.39 bits per heavy atom. The maximum atomic E-state index is 4.78. The lowest BCUT2D eigenvalue weighted by atomic mass is 9.96. The number of aromatic nitrogens is 1. The molecule has 0 radical (unpaired) electrons. The maximum absolute atomic E-state index is 4.78. The Balaban J connectivity index is 2.08. The van der Waals surface area contributed by atoms with Crippen LogP contribution in [0.15, 0.2) is 11.2 Å². The minimum atomic E-state index is 0.151. The summed E-state index contributed by atoms with van der Waals surface area (Å²) < 4.78 is 0. The number of aliphatic imine (C=N–C) groups is 1. The molecule has 2 heterocycles. The van der Waals surface area contributed by atoms with E-state index in [2.05, 4.69) is 38.0 Å². The Morgan fingerprint density at radius 3 is 3.00 bits per heavy atom. The van der Waals surface area contributed by atoms with Crippen LogP contribution in [-0.4, -0.2) is 21.4 Å². The van der Waals surface area contributed by atoms with E-state index < -0.39 is 0 Å². The molecule has 0 aromatic carbocycles. The zero-order chi connectivity index (χ0) is 13.2. The van der Waals surface area contributed by atoms with Crippen molar-refractivity contribution in [3.63, 3.8) is 0 Å². The monoisotopic (exact) mass is 283 g/mol. The number of nitrogens with one attached hydrogen (secondary N) is 1. The van der Waals surface area contributed by atoms with E-state index in [-0.39, 0.29) is 11.6 Å². The van der Waals surface area contributed by atoms with Crippen LogP contribution >= 0.6 is 23.1 Å². The van der Waals surface area contributed by atoms with E-state index in [1.807, 2.05) is 18.0 Å². The van der Waals surface area contributed by atoms with Crippen LogP contribution in [0.3, 0.4) is 0 Å². The molecule has 1 saturated heterocycles. The Kier molecular flexibility index (Phi) is 4.33. The molecule has 3 nitrogen and oxygen atoms in total. The van der Waals surface area contributed by atoms with Gasteiger partial charge in [-0.1, -0.05) is 18.7 Å². The van der Waals surface area contributed by atoms with Crippen LogP contribution < -0.4 is 5.32 Å². The molecular weight excluding hydrogens is 262 g/mol. The highest BCUT2D eigenvalue weighted by molar-refractivity contribution is 8.13. The van der Waals surface area contributed by atoms with Gasteiger partial charge >= 0.3 is 0 Å². The van der Waals surface area contributed by atoms with E-state index in [1.165, 1.54) is 11.3 Å². The van der Waals surface area contributed by atoms with Crippen LogP contribution in [0, 0.1) is 6.92 Å². The number of thioether (sulfide) groups is 1. The second kappa shape index (κ2) is 5.61. The average molecular weight is 283 g/mol. The summed E-state index contributed by atoms with van der Waals surface area (Å²) in [5, 5.41) is 5.75. The van der Waals surface area contributed by atoms with Gasteiger partial charge in [0.05, 0.1) is 0 Å². The van der Waals surface area contributed by atoms with Gasteiger partial charge in [-0.05, 0) is 33.6 Å². The molecule has 0 saturated carbocycles. The molecule has 1 aromatic heterocycles. The molecule has 0 spiro atoms. The molecule has 1 aliphatic heterocycles. The van der Waals surface area contributed by atoms with Gasteiger partial charge in [0.15, 0.2) is 5.17 Å². The number of nitrogens with zero attached hydrogens (tertiary/aromatic N) is 2. The summed E-state index contributed by atoms with van der Waals surface area (Å²) in [5.74, 6) is 1.15. The first-order chi connectivity index (χ1) is 8.52. The second-order valence-corrected chi connectivity index (χ2v) is 7.41. The van der Waals surface area contributed by atoms with Crippen LogP contribution in [0.25, 0.3) is 0 Å². The normalized spacial score (nSPS) is 28.1. The highest BCUT2D eigenvalue weighted by Crippen LogP contribution is 2.28. The highest BCUT2D eigenvalue weighted by Gasteiger charge is 2.28. The molecular formula is C13H21N3S2. The van der Waals surface area contributed by atoms with Crippen molar-refractivity contribution in [2.24, 2.45) is 4.99 Å². The second-order valence-electron chi connectivity index (χ2n) is 5.06. The van der Waals surface area contributed by atoms with Crippen molar-refractivity contribution in [2.75, 3.05) is 5.75 Å². The Morgan fingerprint density at radius 1 is 1.61 bits per heavy atom. The zero-order valence-corrected chi connectivity index (χ0v) is 13.1. The van der Waals surface area contributed by atoms with Crippen LogP contribution in [0.5, 0.6) is 0 Å². The Bertz CT molecular complexity index is 441. The fraction of sp³-hybridized carbons (Fsp3) is 0.692. The standard InChI is InChI=1S/C13H21N3S2/c1-5-13(4)6-7-17-12(16-13)15-10(3)11-14-8-9(2)18-11/h8,10H,5-7H2,1-4H3,(H,15,16). The van der Waals surface area contributed by atoms with Gasteiger partial charge in [-0.3, -0.25) is 4.99 Å². The number of aryl methyl sites for hydroxylation is 1. The van der Waals surface area contributed by atoms with Crippen molar-refractivity contribution in [1.82, 2.24) is 10.3 Å². The number of amidine groups is 1. The fourth-order valence-electron chi connectivity index (χ4n) is 1.86. The van der Waals surface area contributed by atoms with Gasteiger partial charge < -0.3 is 5.32 Å². The maximum Gasteiger partial charge on any atom is 0.157 e. The lowest BCUT2D eigenvalue weighted by molar-refractivity contribution is 0.389. The van der Waals surface area contributed by atoms with Gasteiger partial charge in [-0.15, -0.1) is 11.3 Å². The first-order valence-corrected chi connectivity index (χ1v) is 8.24. The third-order valence-corrected chi connectivity index (χ3v) is 5.36. The molecule has 0 bridgehead atoms. The van der Waals surface area contributed by atoms with Crippen LogP contribution in [0.4, 0.5) is 0 Å². The number of rotatable bonds is 3. The molecule has 2 unspecified atom stereocenters. The van der Waals surface area contributed by atoms with E-state index in [9.17, 15) is 0 Å². The summed E-state index contributed by atoms with van der Waals surface area (Å²) >= 11 is 3.56. The molecule has 0 aliphatic carbocycles. The van der Waals surface area contributed by atoms with E-state index in [1.54, 1.807) is 11.3 Å². The van der Waals surface area contributed by atoms with Crippen molar-refractivity contribution < 1.29 is 0 Å². The molecule has 2 rings (SSSR count). The molecule has 5 heteroatoms. The van der Waals surface area contributed by atoms with Gasteiger partial charge in [-0.25, -0.2) is 4.98 Å². The van der Waals surface area contributed by atoms with E-state index in [0.29, 0.717) is 0 Å². The number of hydrogen-bond donors (Lipinski definition) is 1. The predicted molar refractivity (Wildman–Crippen MR) is 81.6 cm³/mol. The smallest absolute Gasteiger partial charge is 0.157 e. The van der Waals surface area contributed by atoms with Crippen molar-refractivity contribution in [2.45, 2.75) is 52.1 Å². The van der Waals surface area contributed by atoms with E-state index in [0.717, 1.165) is 22.3 Å². The quantitative estimate of drug-likeness (QED) is 0.917. The zero-order valence-electron chi connectivity index (χ0n) is 11.5. The molecule has 18 heavy (non-hydrogen) atoms.